The van der Waals surface area contributed by atoms with E-state index in [-0.39, 0.29) is 0 Å². The van der Waals surface area contributed by atoms with Crippen LogP contribution in [0.3, 0.4) is 0 Å². The Balaban J connectivity index is 2.81. The molecule has 0 aliphatic heterocycles. The smallest absolute Gasteiger partial charge is 0.193 e. The van der Waals surface area contributed by atoms with Gasteiger partial charge < -0.3 is 14.9 Å². The van der Waals surface area contributed by atoms with Gasteiger partial charge in [0.15, 0.2) is 5.78 Å². The highest BCUT2D eigenvalue weighted by molar-refractivity contribution is 5.99. The van der Waals surface area contributed by atoms with Gasteiger partial charge in [-0.15, -0.1) is 0 Å². The van der Waals surface area contributed by atoms with Crippen molar-refractivity contribution in [3.8, 4) is 5.75 Å². The van der Waals surface area contributed by atoms with Crippen LogP contribution in [0.2, 0.25) is 0 Å². The number of Topliss-reactive ketones (excluding diaryl/α,β-unsaturated/α-hetero) is 1. The summed E-state index contributed by atoms with van der Waals surface area (Å²) in [6, 6.07) is 6.33. The number of hydrogen-bond donors (Lipinski definition) is 2. The van der Waals surface area contributed by atoms with Crippen molar-refractivity contribution in [3.05, 3.63) is 29.8 Å². The van der Waals surface area contributed by atoms with Crippen LogP contribution in [0.5, 0.6) is 5.75 Å². The molecular formula is C10H12O4. The van der Waals surface area contributed by atoms with E-state index in [1.54, 1.807) is 24.3 Å². The third-order valence-corrected chi connectivity index (χ3v) is 1.85. The molecule has 2 N–H and O–H groups in total. The number of hydrogen-bond acceptors (Lipinski definition) is 4. The van der Waals surface area contributed by atoms with Crippen molar-refractivity contribution in [2.75, 3.05) is 13.7 Å². The summed E-state index contributed by atoms with van der Waals surface area (Å²) in [5.41, 5.74) is 0.354. The number of carbonyl (C=O) groups excluding carboxylic acids is 1. The van der Waals surface area contributed by atoms with Gasteiger partial charge in [-0.3, -0.25) is 4.79 Å². The van der Waals surface area contributed by atoms with Crippen LogP contribution in [0, 0.1) is 0 Å². The van der Waals surface area contributed by atoms with Crippen LogP contribution in [0.15, 0.2) is 24.3 Å². The van der Waals surface area contributed by atoms with Gasteiger partial charge in [-0.05, 0) is 24.3 Å². The molecule has 0 bridgehead atoms. The van der Waals surface area contributed by atoms with E-state index in [0.717, 1.165) is 0 Å². The number of aliphatic hydroxyl groups excluding tert-OH is 2. The molecule has 4 nitrogen and oxygen atoms in total. The minimum atomic E-state index is -1.34. The lowest BCUT2D eigenvalue weighted by Crippen LogP contribution is -2.24. The Morgan fingerprint density at radius 2 is 2.00 bits per heavy atom. The van der Waals surface area contributed by atoms with E-state index in [9.17, 15) is 4.79 Å². The summed E-state index contributed by atoms with van der Waals surface area (Å²) in [5, 5.41) is 17.6. The molecule has 0 spiro atoms. The summed E-state index contributed by atoms with van der Waals surface area (Å²) in [6.45, 7) is -0.565. The number of benzene rings is 1. The number of rotatable bonds is 4. The van der Waals surface area contributed by atoms with Gasteiger partial charge in [0, 0.05) is 5.56 Å². The first-order valence-electron chi connectivity index (χ1n) is 4.16. The minimum absolute atomic E-state index is 0.354. The molecule has 0 amide bonds. The van der Waals surface area contributed by atoms with Crippen LogP contribution in [-0.2, 0) is 0 Å². The van der Waals surface area contributed by atoms with Gasteiger partial charge in [0.2, 0.25) is 0 Å². The van der Waals surface area contributed by atoms with E-state index in [2.05, 4.69) is 0 Å². The second-order valence-electron chi connectivity index (χ2n) is 2.79. The maximum Gasteiger partial charge on any atom is 0.193 e. The molecule has 0 aliphatic carbocycles. The number of aliphatic hydroxyl groups is 2. The molecule has 0 fully saturated rings. The van der Waals surface area contributed by atoms with Gasteiger partial charge in [-0.25, -0.2) is 0 Å². The van der Waals surface area contributed by atoms with Crippen molar-refractivity contribution in [2.24, 2.45) is 0 Å². The molecule has 0 aromatic heterocycles. The Morgan fingerprint density at radius 1 is 1.43 bits per heavy atom. The lowest BCUT2D eigenvalue weighted by atomic mass is 10.1. The first-order chi connectivity index (χ1) is 6.69. The maximum absolute atomic E-state index is 11.3. The predicted octanol–water partition coefficient (Wildman–Crippen LogP) is 0.231. The fourth-order valence-corrected chi connectivity index (χ4v) is 1.03. The second-order valence-corrected chi connectivity index (χ2v) is 2.79. The number of carbonyl (C=O) groups is 1. The second kappa shape index (κ2) is 4.74. The average Bonchev–Trinajstić information content (AvgIpc) is 2.27. The SMILES string of the molecule is COc1ccc(C(=O)[C@H](O)CO)cc1. The standard InChI is InChI=1S/C10H12O4/c1-14-8-4-2-7(3-5-8)10(13)9(12)6-11/h2-5,9,11-12H,6H2,1H3/t9-/m1/s1. The summed E-state index contributed by atoms with van der Waals surface area (Å²) >= 11 is 0. The molecule has 1 atom stereocenters. The lowest BCUT2D eigenvalue weighted by molar-refractivity contribution is 0.0587. The maximum atomic E-state index is 11.3. The summed E-state index contributed by atoms with van der Waals surface area (Å²) in [6.07, 6.45) is -1.34. The summed E-state index contributed by atoms with van der Waals surface area (Å²) in [5.74, 6) is 0.148. The molecule has 0 heterocycles. The molecule has 0 unspecified atom stereocenters. The highest BCUT2D eigenvalue weighted by atomic mass is 16.5. The Hall–Kier alpha value is -1.39. The topological polar surface area (TPSA) is 66.8 Å². The van der Waals surface area contributed by atoms with E-state index >= 15 is 0 Å². The Kier molecular flexibility index (Phi) is 3.62. The first kappa shape index (κ1) is 10.7. The Morgan fingerprint density at radius 3 is 2.43 bits per heavy atom. The molecular weight excluding hydrogens is 184 g/mol. The summed E-state index contributed by atoms with van der Waals surface area (Å²) in [7, 11) is 1.53. The summed E-state index contributed by atoms with van der Waals surface area (Å²) in [4.78, 5) is 11.3. The van der Waals surface area contributed by atoms with Crippen LogP contribution in [-0.4, -0.2) is 35.8 Å². The highest BCUT2D eigenvalue weighted by Gasteiger charge is 2.15. The molecule has 1 aromatic carbocycles. The lowest BCUT2D eigenvalue weighted by Gasteiger charge is -2.06. The zero-order valence-corrected chi connectivity index (χ0v) is 7.80. The fraction of sp³-hybridized carbons (Fsp3) is 0.300. The van der Waals surface area contributed by atoms with Gasteiger partial charge in [0.25, 0.3) is 0 Å². The number of ether oxygens (including phenoxy) is 1. The minimum Gasteiger partial charge on any atom is -0.497 e. The molecule has 0 saturated carbocycles. The van der Waals surface area contributed by atoms with E-state index < -0.39 is 18.5 Å². The van der Waals surface area contributed by atoms with Crippen molar-refractivity contribution in [1.29, 1.82) is 0 Å². The monoisotopic (exact) mass is 196 g/mol. The Labute approximate surface area is 81.8 Å². The van der Waals surface area contributed by atoms with Crippen LogP contribution in [0.4, 0.5) is 0 Å². The largest absolute Gasteiger partial charge is 0.497 e. The summed E-state index contributed by atoms with van der Waals surface area (Å²) < 4.78 is 4.91. The van der Waals surface area contributed by atoms with Crippen LogP contribution < -0.4 is 4.74 Å². The van der Waals surface area contributed by atoms with E-state index in [1.807, 2.05) is 0 Å². The van der Waals surface area contributed by atoms with Gasteiger partial charge in [-0.2, -0.15) is 0 Å². The molecule has 0 aliphatic rings. The van der Waals surface area contributed by atoms with Crippen molar-refractivity contribution >= 4 is 5.78 Å². The third-order valence-electron chi connectivity index (χ3n) is 1.85. The van der Waals surface area contributed by atoms with E-state index in [0.29, 0.717) is 11.3 Å². The van der Waals surface area contributed by atoms with Crippen LogP contribution >= 0.6 is 0 Å². The predicted molar refractivity (Wildman–Crippen MR) is 50.4 cm³/mol. The molecule has 1 rings (SSSR count). The molecule has 76 valence electrons. The third kappa shape index (κ3) is 2.31. The zero-order valence-electron chi connectivity index (χ0n) is 7.80. The van der Waals surface area contributed by atoms with Gasteiger partial charge >= 0.3 is 0 Å². The quantitative estimate of drug-likeness (QED) is 0.676. The Bertz CT molecular complexity index is 304. The number of ketones is 1. The molecule has 4 heteroatoms. The fourth-order valence-electron chi connectivity index (χ4n) is 1.03. The zero-order chi connectivity index (χ0) is 10.6. The first-order valence-corrected chi connectivity index (χ1v) is 4.16. The molecule has 14 heavy (non-hydrogen) atoms. The average molecular weight is 196 g/mol. The van der Waals surface area contributed by atoms with E-state index in [4.69, 9.17) is 14.9 Å². The van der Waals surface area contributed by atoms with Crippen molar-refractivity contribution < 1.29 is 19.7 Å². The van der Waals surface area contributed by atoms with Crippen LogP contribution in [0.1, 0.15) is 10.4 Å². The molecule has 1 aromatic rings. The highest BCUT2D eigenvalue weighted by Crippen LogP contribution is 2.12. The van der Waals surface area contributed by atoms with Crippen molar-refractivity contribution in [1.82, 2.24) is 0 Å². The van der Waals surface area contributed by atoms with Crippen molar-refractivity contribution in [2.45, 2.75) is 6.10 Å². The van der Waals surface area contributed by atoms with Gasteiger partial charge in [0.1, 0.15) is 11.9 Å². The molecule has 0 radical (unpaired) electrons. The van der Waals surface area contributed by atoms with E-state index in [1.165, 1.54) is 7.11 Å². The van der Waals surface area contributed by atoms with Crippen LogP contribution in [0.25, 0.3) is 0 Å². The molecule has 0 saturated heterocycles. The van der Waals surface area contributed by atoms with Gasteiger partial charge in [-0.1, -0.05) is 0 Å². The number of methoxy groups -OCH3 is 1. The van der Waals surface area contributed by atoms with Crippen molar-refractivity contribution in [3.63, 3.8) is 0 Å². The van der Waals surface area contributed by atoms with Gasteiger partial charge in [0.05, 0.1) is 13.7 Å². The normalized spacial score (nSPS) is 12.2.